The molecule has 0 aromatic carbocycles. The Labute approximate surface area is 111 Å². The van der Waals surface area contributed by atoms with Crippen LogP contribution >= 0.6 is 11.3 Å². The minimum absolute atomic E-state index is 0.224. The Kier molecular flexibility index (Phi) is 3.24. The summed E-state index contributed by atoms with van der Waals surface area (Å²) < 4.78 is 0. The highest BCUT2D eigenvalue weighted by Crippen LogP contribution is 2.44. The second-order valence-corrected chi connectivity index (χ2v) is 6.23. The SMILES string of the molecule is O=C(O)CCc1sc(N2CCCC2)nc1C1CC1. The fourth-order valence-corrected chi connectivity index (χ4v) is 3.67. The predicted octanol–water partition coefficient (Wildman–Crippen LogP) is 2.64. The van der Waals surface area contributed by atoms with E-state index in [1.165, 1.54) is 36.3 Å². The van der Waals surface area contributed by atoms with Crippen LogP contribution in [0.2, 0.25) is 0 Å². The summed E-state index contributed by atoms with van der Waals surface area (Å²) in [5.41, 5.74) is 1.20. The number of nitrogens with zero attached hydrogens (tertiary/aromatic N) is 2. The molecule has 4 nitrogen and oxygen atoms in total. The van der Waals surface area contributed by atoms with E-state index in [4.69, 9.17) is 10.1 Å². The molecular formula is C13H18N2O2S. The van der Waals surface area contributed by atoms with Crippen LogP contribution in [0.25, 0.3) is 0 Å². The van der Waals surface area contributed by atoms with E-state index in [0.29, 0.717) is 12.3 Å². The van der Waals surface area contributed by atoms with Crippen LogP contribution in [0.1, 0.15) is 48.6 Å². The molecule has 18 heavy (non-hydrogen) atoms. The summed E-state index contributed by atoms with van der Waals surface area (Å²) in [7, 11) is 0. The Balaban J connectivity index is 1.79. The fraction of sp³-hybridized carbons (Fsp3) is 0.692. The van der Waals surface area contributed by atoms with E-state index in [2.05, 4.69) is 4.90 Å². The molecule has 3 rings (SSSR count). The van der Waals surface area contributed by atoms with Crippen molar-refractivity contribution in [2.45, 2.75) is 44.4 Å². The smallest absolute Gasteiger partial charge is 0.303 e. The maximum absolute atomic E-state index is 10.7. The monoisotopic (exact) mass is 266 g/mol. The lowest BCUT2D eigenvalue weighted by molar-refractivity contribution is -0.136. The van der Waals surface area contributed by atoms with E-state index >= 15 is 0 Å². The van der Waals surface area contributed by atoms with Crippen molar-refractivity contribution in [2.24, 2.45) is 0 Å². The number of hydrogen-bond acceptors (Lipinski definition) is 4. The Morgan fingerprint density at radius 3 is 2.72 bits per heavy atom. The summed E-state index contributed by atoms with van der Waals surface area (Å²) in [5.74, 6) is -0.103. The average molecular weight is 266 g/mol. The van der Waals surface area contributed by atoms with Crippen LogP contribution in [0.4, 0.5) is 5.13 Å². The molecule has 1 aliphatic heterocycles. The summed E-state index contributed by atoms with van der Waals surface area (Å²) in [6.45, 7) is 2.21. The highest BCUT2D eigenvalue weighted by Gasteiger charge is 2.30. The average Bonchev–Trinajstić information content (AvgIpc) is 2.91. The summed E-state index contributed by atoms with van der Waals surface area (Å²) in [6.07, 6.45) is 5.83. The molecular weight excluding hydrogens is 248 g/mol. The number of carbonyl (C=O) groups is 1. The molecule has 1 aromatic heterocycles. The van der Waals surface area contributed by atoms with Gasteiger partial charge in [0.05, 0.1) is 12.1 Å². The van der Waals surface area contributed by atoms with Gasteiger partial charge < -0.3 is 10.0 Å². The van der Waals surface area contributed by atoms with Crippen molar-refractivity contribution >= 4 is 22.4 Å². The minimum atomic E-state index is -0.715. The maximum Gasteiger partial charge on any atom is 0.303 e. The Bertz CT molecular complexity index is 448. The minimum Gasteiger partial charge on any atom is -0.481 e. The van der Waals surface area contributed by atoms with Gasteiger partial charge in [0.2, 0.25) is 0 Å². The highest BCUT2D eigenvalue weighted by atomic mass is 32.1. The van der Waals surface area contributed by atoms with Gasteiger partial charge in [-0.2, -0.15) is 0 Å². The Morgan fingerprint density at radius 2 is 2.11 bits per heavy atom. The lowest BCUT2D eigenvalue weighted by atomic mass is 10.2. The van der Waals surface area contributed by atoms with Gasteiger partial charge >= 0.3 is 5.97 Å². The first kappa shape index (κ1) is 12.0. The fourth-order valence-electron chi connectivity index (χ4n) is 2.47. The van der Waals surface area contributed by atoms with Crippen LogP contribution in [0.3, 0.4) is 0 Å². The molecule has 0 spiro atoms. The molecule has 2 fully saturated rings. The number of thiazole rings is 1. The number of aromatic nitrogens is 1. The van der Waals surface area contributed by atoms with Gasteiger partial charge in [-0.05, 0) is 32.1 Å². The molecule has 5 heteroatoms. The summed E-state index contributed by atoms with van der Waals surface area (Å²) >= 11 is 1.72. The first-order valence-corrected chi connectivity index (χ1v) is 7.52. The molecule has 98 valence electrons. The molecule has 1 aromatic rings. The highest BCUT2D eigenvalue weighted by molar-refractivity contribution is 7.15. The summed E-state index contributed by atoms with van der Waals surface area (Å²) in [6, 6.07) is 0. The second kappa shape index (κ2) is 4.88. The van der Waals surface area contributed by atoms with Crippen molar-refractivity contribution in [1.29, 1.82) is 0 Å². The summed E-state index contributed by atoms with van der Waals surface area (Å²) in [5, 5.41) is 9.93. The van der Waals surface area contributed by atoms with Gasteiger partial charge in [0.1, 0.15) is 0 Å². The van der Waals surface area contributed by atoms with E-state index in [1.807, 2.05) is 0 Å². The number of rotatable bonds is 5. The number of carboxylic acids is 1. The molecule has 0 amide bonds. The molecule has 2 heterocycles. The second-order valence-electron chi connectivity index (χ2n) is 5.17. The van der Waals surface area contributed by atoms with E-state index in [1.54, 1.807) is 11.3 Å². The molecule has 1 N–H and O–H groups in total. The van der Waals surface area contributed by atoms with Crippen LogP contribution in [0.15, 0.2) is 0 Å². The third-order valence-corrected chi connectivity index (χ3v) is 4.81. The number of carboxylic acid groups (broad SMARTS) is 1. The van der Waals surface area contributed by atoms with Crippen molar-refractivity contribution in [2.75, 3.05) is 18.0 Å². The number of hydrogen-bond donors (Lipinski definition) is 1. The van der Waals surface area contributed by atoms with Gasteiger partial charge in [-0.3, -0.25) is 4.79 Å². The molecule has 0 unspecified atom stereocenters. The van der Waals surface area contributed by atoms with Gasteiger partial charge in [-0.25, -0.2) is 4.98 Å². The van der Waals surface area contributed by atoms with E-state index in [0.717, 1.165) is 18.2 Å². The number of aliphatic carboxylic acids is 1. The van der Waals surface area contributed by atoms with Gasteiger partial charge in [-0.15, -0.1) is 11.3 Å². The van der Waals surface area contributed by atoms with Crippen molar-refractivity contribution in [3.63, 3.8) is 0 Å². The van der Waals surface area contributed by atoms with Crippen LogP contribution in [-0.2, 0) is 11.2 Å². The zero-order valence-electron chi connectivity index (χ0n) is 10.4. The van der Waals surface area contributed by atoms with Crippen molar-refractivity contribution in [1.82, 2.24) is 4.98 Å². The van der Waals surface area contributed by atoms with Crippen LogP contribution in [0, 0.1) is 0 Å². The zero-order chi connectivity index (χ0) is 12.5. The number of aryl methyl sites for hydroxylation is 1. The first-order valence-electron chi connectivity index (χ1n) is 6.70. The van der Waals surface area contributed by atoms with Gasteiger partial charge in [0.15, 0.2) is 5.13 Å². The molecule has 0 bridgehead atoms. The van der Waals surface area contributed by atoms with Crippen molar-refractivity contribution in [3.05, 3.63) is 10.6 Å². The standard InChI is InChI=1S/C13H18N2O2S/c16-11(17)6-5-10-12(9-3-4-9)14-13(18-10)15-7-1-2-8-15/h9H,1-8H2,(H,16,17). The lowest BCUT2D eigenvalue weighted by Crippen LogP contribution is -2.17. The molecule has 1 saturated carbocycles. The maximum atomic E-state index is 10.7. The van der Waals surface area contributed by atoms with Crippen molar-refractivity contribution in [3.8, 4) is 0 Å². The molecule has 0 radical (unpaired) electrons. The predicted molar refractivity (Wildman–Crippen MR) is 71.5 cm³/mol. The third-order valence-electron chi connectivity index (χ3n) is 3.62. The van der Waals surface area contributed by atoms with Crippen LogP contribution in [-0.4, -0.2) is 29.1 Å². The van der Waals surface area contributed by atoms with E-state index in [9.17, 15) is 4.79 Å². The normalized spacial score (nSPS) is 19.4. The van der Waals surface area contributed by atoms with E-state index in [-0.39, 0.29) is 6.42 Å². The van der Waals surface area contributed by atoms with Gasteiger partial charge in [0.25, 0.3) is 0 Å². The lowest BCUT2D eigenvalue weighted by Gasteiger charge is -2.12. The molecule has 1 saturated heterocycles. The summed E-state index contributed by atoms with van der Waals surface area (Å²) in [4.78, 5) is 19.0. The van der Waals surface area contributed by atoms with Crippen LogP contribution < -0.4 is 4.90 Å². The quantitative estimate of drug-likeness (QED) is 0.890. The Morgan fingerprint density at radius 1 is 1.39 bits per heavy atom. The topological polar surface area (TPSA) is 53.4 Å². The van der Waals surface area contributed by atoms with E-state index < -0.39 is 5.97 Å². The van der Waals surface area contributed by atoms with Crippen LogP contribution in [0.5, 0.6) is 0 Å². The van der Waals surface area contributed by atoms with Gasteiger partial charge in [-0.1, -0.05) is 0 Å². The molecule has 1 aliphatic carbocycles. The van der Waals surface area contributed by atoms with Crippen molar-refractivity contribution < 1.29 is 9.90 Å². The molecule has 2 aliphatic rings. The first-order chi connectivity index (χ1) is 8.74. The zero-order valence-corrected chi connectivity index (χ0v) is 11.2. The third kappa shape index (κ3) is 2.51. The molecule has 0 atom stereocenters. The largest absolute Gasteiger partial charge is 0.481 e. The number of anilines is 1. The van der Waals surface area contributed by atoms with Gasteiger partial charge in [0, 0.05) is 23.9 Å². The Hall–Kier alpha value is -1.10.